The largest absolute Gasteiger partial charge is 0.451 e. The zero-order chi connectivity index (χ0) is 25.3. The highest BCUT2D eigenvalue weighted by molar-refractivity contribution is 6.02. The Kier molecular flexibility index (Phi) is 5.96. The highest BCUT2D eigenvalue weighted by atomic mass is 19.4. The molecule has 0 amide bonds. The van der Waals surface area contributed by atoms with Crippen LogP contribution in [0.25, 0.3) is 33.2 Å². The first kappa shape index (κ1) is 23.2. The van der Waals surface area contributed by atoms with Crippen molar-refractivity contribution in [3.8, 4) is 22.3 Å². The van der Waals surface area contributed by atoms with E-state index in [0.29, 0.717) is 22.3 Å². The quantitative estimate of drug-likeness (QED) is 0.307. The second kappa shape index (κ2) is 9.25. The maximum Gasteiger partial charge on any atom is 0.451 e. The van der Waals surface area contributed by atoms with Crippen LogP contribution in [0.15, 0.2) is 73.8 Å². The molecule has 5 aromatic rings. The second-order valence-electron chi connectivity index (χ2n) is 7.98. The summed E-state index contributed by atoms with van der Waals surface area (Å²) in [5.41, 5.74) is 4.08. The number of benzene rings is 2. The van der Waals surface area contributed by atoms with Gasteiger partial charge in [0.05, 0.1) is 11.6 Å². The molecule has 2 aromatic carbocycles. The Bertz CT molecular complexity index is 1510. The molecule has 3 heterocycles. The number of nitrogens with zero attached hydrogens (tertiary/aromatic N) is 6. The van der Waals surface area contributed by atoms with Crippen LogP contribution >= 0.6 is 0 Å². The maximum atomic E-state index is 13.5. The molecule has 0 saturated carbocycles. The van der Waals surface area contributed by atoms with E-state index >= 15 is 0 Å². The molecule has 5 rings (SSSR count). The third-order valence-corrected chi connectivity index (χ3v) is 5.57. The number of alkyl halides is 3. The van der Waals surface area contributed by atoms with E-state index in [9.17, 15) is 17.6 Å². The molecule has 0 saturated heterocycles. The van der Waals surface area contributed by atoms with Gasteiger partial charge in [-0.25, -0.2) is 34.3 Å². The van der Waals surface area contributed by atoms with E-state index in [-0.39, 0.29) is 5.82 Å². The van der Waals surface area contributed by atoms with E-state index in [0.717, 1.165) is 34.6 Å². The van der Waals surface area contributed by atoms with Crippen molar-refractivity contribution >= 4 is 16.7 Å². The molecule has 0 aliphatic carbocycles. The van der Waals surface area contributed by atoms with Crippen LogP contribution in [0.3, 0.4) is 0 Å². The minimum Gasteiger partial charge on any atom is -0.363 e. The van der Waals surface area contributed by atoms with E-state index in [2.05, 4.69) is 35.2 Å². The maximum absolute atomic E-state index is 13.5. The van der Waals surface area contributed by atoms with Gasteiger partial charge < -0.3 is 5.32 Å². The lowest BCUT2D eigenvalue weighted by molar-refractivity contribution is -0.145. The smallest absolute Gasteiger partial charge is 0.363 e. The number of anilines is 1. The van der Waals surface area contributed by atoms with Gasteiger partial charge in [-0.15, -0.1) is 0 Å². The summed E-state index contributed by atoms with van der Waals surface area (Å²) in [6.07, 6.45) is 3.78. The van der Waals surface area contributed by atoms with Crippen molar-refractivity contribution in [2.24, 2.45) is 0 Å². The fourth-order valence-corrected chi connectivity index (χ4v) is 3.75. The van der Waals surface area contributed by atoms with Crippen LogP contribution in [0.1, 0.15) is 24.4 Å². The summed E-state index contributed by atoms with van der Waals surface area (Å²) in [5, 5.41) is 3.87. The molecule has 1 unspecified atom stereocenters. The molecule has 3 aromatic heterocycles. The van der Waals surface area contributed by atoms with E-state index in [1.54, 1.807) is 31.5 Å². The van der Waals surface area contributed by atoms with Crippen LogP contribution in [0.4, 0.5) is 23.4 Å². The summed E-state index contributed by atoms with van der Waals surface area (Å²) in [6.45, 7) is 1.76. The lowest BCUT2D eigenvalue weighted by atomic mass is 9.97. The monoisotopic (exact) mass is 491 g/mol. The van der Waals surface area contributed by atoms with Crippen LogP contribution in [0.2, 0.25) is 0 Å². The van der Waals surface area contributed by atoms with Crippen LogP contribution in [-0.2, 0) is 6.18 Å². The van der Waals surface area contributed by atoms with Gasteiger partial charge in [-0.1, -0.05) is 12.1 Å². The Morgan fingerprint density at radius 3 is 2.14 bits per heavy atom. The van der Waals surface area contributed by atoms with Gasteiger partial charge in [0.15, 0.2) is 0 Å². The highest BCUT2D eigenvalue weighted by Crippen LogP contribution is 2.36. The van der Waals surface area contributed by atoms with Crippen LogP contribution in [0.5, 0.6) is 0 Å². The van der Waals surface area contributed by atoms with E-state index in [4.69, 9.17) is 0 Å². The van der Waals surface area contributed by atoms with Crippen molar-refractivity contribution in [3.05, 3.63) is 91.0 Å². The number of aromatic nitrogens is 6. The molecule has 0 aliphatic heterocycles. The van der Waals surface area contributed by atoms with Gasteiger partial charge in [0.2, 0.25) is 5.82 Å². The fourth-order valence-electron chi connectivity index (χ4n) is 3.75. The minimum absolute atomic E-state index is 0.352. The average molecular weight is 491 g/mol. The summed E-state index contributed by atoms with van der Waals surface area (Å²) in [5.74, 6) is -1.10. The van der Waals surface area contributed by atoms with Crippen molar-refractivity contribution < 1.29 is 17.6 Å². The number of halogens is 4. The Morgan fingerprint density at radius 2 is 1.47 bits per heavy atom. The molecule has 36 heavy (non-hydrogen) atoms. The summed E-state index contributed by atoms with van der Waals surface area (Å²) in [6, 6.07) is 9.40. The zero-order valence-corrected chi connectivity index (χ0v) is 18.7. The first-order valence-electron chi connectivity index (χ1n) is 10.8. The molecule has 0 aliphatic rings. The number of hydrogen-bond acceptors (Lipinski definition) is 7. The van der Waals surface area contributed by atoms with E-state index in [1.165, 1.54) is 24.8 Å². The molecule has 1 atom stereocenters. The molecule has 1 N–H and O–H groups in total. The van der Waals surface area contributed by atoms with Gasteiger partial charge in [0, 0.05) is 46.9 Å². The van der Waals surface area contributed by atoms with Crippen molar-refractivity contribution in [1.29, 1.82) is 0 Å². The predicted octanol–water partition coefficient (Wildman–Crippen LogP) is 5.87. The Morgan fingerprint density at radius 1 is 0.778 bits per heavy atom. The lowest BCUT2D eigenvalue weighted by Crippen LogP contribution is -2.14. The zero-order valence-electron chi connectivity index (χ0n) is 18.7. The fraction of sp³-hybridized carbons (Fsp3) is 0.120. The molecule has 0 spiro atoms. The molecular formula is C25H17F4N7. The van der Waals surface area contributed by atoms with Crippen LogP contribution in [0, 0.1) is 5.82 Å². The van der Waals surface area contributed by atoms with E-state index < -0.39 is 18.0 Å². The van der Waals surface area contributed by atoms with Crippen molar-refractivity contribution in [1.82, 2.24) is 29.9 Å². The summed E-state index contributed by atoms with van der Waals surface area (Å²) in [4.78, 5) is 23.9. The Hall–Kier alpha value is -4.54. The number of fused-ring (bicyclic) bond motifs is 1. The third kappa shape index (κ3) is 4.67. The normalized spacial score (nSPS) is 12.5. The van der Waals surface area contributed by atoms with Gasteiger partial charge >= 0.3 is 6.18 Å². The topological polar surface area (TPSA) is 89.4 Å². The molecule has 0 bridgehead atoms. The molecule has 0 radical (unpaired) electrons. The van der Waals surface area contributed by atoms with Crippen molar-refractivity contribution in [2.45, 2.75) is 19.1 Å². The predicted molar refractivity (Wildman–Crippen MR) is 125 cm³/mol. The van der Waals surface area contributed by atoms with Crippen LogP contribution in [-0.4, -0.2) is 29.9 Å². The first-order valence-corrected chi connectivity index (χ1v) is 10.8. The van der Waals surface area contributed by atoms with E-state index in [1.807, 2.05) is 12.1 Å². The Labute approximate surface area is 202 Å². The number of hydrogen-bond donors (Lipinski definition) is 1. The molecular weight excluding hydrogens is 474 g/mol. The number of nitrogens with one attached hydrogen (secondary N) is 1. The highest BCUT2D eigenvalue weighted by Gasteiger charge is 2.34. The van der Waals surface area contributed by atoms with Gasteiger partial charge in [0.1, 0.15) is 24.3 Å². The van der Waals surface area contributed by atoms with Gasteiger partial charge in [-0.2, -0.15) is 13.2 Å². The summed E-state index contributed by atoms with van der Waals surface area (Å²) in [7, 11) is 0. The second-order valence-corrected chi connectivity index (χ2v) is 7.98. The van der Waals surface area contributed by atoms with Gasteiger partial charge in [-0.05, 0) is 42.3 Å². The lowest BCUT2D eigenvalue weighted by Gasteiger charge is -2.18. The summed E-state index contributed by atoms with van der Waals surface area (Å²) < 4.78 is 52.0. The standard InChI is InChI=1S/C25H17F4N7/c1-14(17-10-32-24(33-11-17)25(27,28)29)36-23-21-7-16(15-2-4-19(26)5-3-15)6-20(22(21)34-13-35-23)18-8-30-12-31-9-18/h2-14H,1H3,(H,34,35,36). The SMILES string of the molecule is CC(Nc1ncnc2c(-c3cncnc3)cc(-c3ccc(F)cc3)cc12)c1cnc(C(F)(F)F)nc1. The third-order valence-electron chi connectivity index (χ3n) is 5.57. The van der Waals surface area contributed by atoms with Gasteiger partial charge in [-0.3, -0.25) is 0 Å². The van der Waals surface area contributed by atoms with Gasteiger partial charge in [0.25, 0.3) is 0 Å². The molecule has 0 fully saturated rings. The average Bonchev–Trinajstić information content (AvgIpc) is 2.89. The molecule has 7 nitrogen and oxygen atoms in total. The first-order chi connectivity index (χ1) is 17.3. The Balaban J connectivity index is 1.60. The molecule has 180 valence electrons. The molecule has 11 heteroatoms. The minimum atomic E-state index is -4.62. The van der Waals surface area contributed by atoms with Crippen molar-refractivity contribution in [3.63, 3.8) is 0 Å². The number of rotatable bonds is 5. The van der Waals surface area contributed by atoms with Crippen molar-refractivity contribution in [2.75, 3.05) is 5.32 Å². The van der Waals surface area contributed by atoms with Crippen LogP contribution < -0.4 is 5.32 Å². The summed E-state index contributed by atoms with van der Waals surface area (Å²) >= 11 is 0.